The summed E-state index contributed by atoms with van der Waals surface area (Å²) in [7, 11) is 1.43. The van der Waals surface area contributed by atoms with Crippen molar-refractivity contribution in [1.82, 2.24) is 10.3 Å². The van der Waals surface area contributed by atoms with E-state index < -0.39 is 5.97 Å². The second-order valence-corrected chi connectivity index (χ2v) is 7.09. The SMILES string of the molecule is COc1ccnc(C(=S)NCC(=O)OC(C)Cc2ccccc2)c1O.Fc1ccccc1. The maximum Gasteiger partial charge on any atom is 0.325 e. The quantitative estimate of drug-likeness (QED) is 0.410. The Morgan fingerprint density at radius 3 is 2.31 bits per heavy atom. The van der Waals surface area contributed by atoms with Crippen LogP contribution < -0.4 is 10.1 Å². The molecule has 0 saturated carbocycles. The summed E-state index contributed by atoms with van der Waals surface area (Å²) in [4.78, 5) is 16.1. The highest BCUT2D eigenvalue weighted by Gasteiger charge is 2.15. The monoisotopic (exact) mass is 456 g/mol. The number of pyridine rings is 1. The summed E-state index contributed by atoms with van der Waals surface area (Å²) in [5, 5.41) is 12.7. The van der Waals surface area contributed by atoms with Crippen LogP contribution in [0.3, 0.4) is 0 Å². The van der Waals surface area contributed by atoms with Crippen molar-refractivity contribution in [3.8, 4) is 11.5 Å². The number of methoxy groups -OCH3 is 1. The van der Waals surface area contributed by atoms with Crippen LogP contribution in [0.1, 0.15) is 18.2 Å². The van der Waals surface area contributed by atoms with Gasteiger partial charge in [-0.1, -0.05) is 60.7 Å². The number of halogens is 1. The molecule has 0 fully saturated rings. The first kappa shape index (κ1) is 24.7. The van der Waals surface area contributed by atoms with Crippen LogP contribution in [-0.2, 0) is 16.0 Å². The predicted octanol–water partition coefficient (Wildman–Crippen LogP) is 4.06. The molecule has 0 aliphatic heterocycles. The molecule has 0 radical (unpaired) electrons. The van der Waals surface area contributed by atoms with E-state index in [1.54, 1.807) is 18.2 Å². The number of rotatable bonds is 7. The molecule has 0 aliphatic carbocycles. The zero-order valence-electron chi connectivity index (χ0n) is 17.8. The highest BCUT2D eigenvalue weighted by atomic mass is 32.1. The Morgan fingerprint density at radius 2 is 1.75 bits per heavy atom. The molecule has 2 N–H and O–H groups in total. The molecule has 168 valence electrons. The van der Waals surface area contributed by atoms with Gasteiger partial charge in [-0.2, -0.15) is 0 Å². The molecule has 0 bridgehead atoms. The second kappa shape index (κ2) is 13.0. The number of thiocarbonyl (C=S) groups is 1. The number of hydrogen-bond donors (Lipinski definition) is 2. The number of benzene rings is 2. The average molecular weight is 457 g/mol. The molecule has 3 aromatic rings. The van der Waals surface area contributed by atoms with Crippen molar-refractivity contribution in [2.45, 2.75) is 19.4 Å². The summed E-state index contributed by atoms with van der Waals surface area (Å²) in [6.45, 7) is 1.72. The molecule has 1 heterocycles. The summed E-state index contributed by atoms with van der Waals surface area (Å²) in [5.41, 5.74) is 1.25. The van der Waals surface area contributed by atoms with Gasteiger partial charge in [-0.3, -0.25) is 4.79 Å². The van der Waals surface area contributed by atoms with Crippen molar-refractivity contribution >= 4 is 23.2 Å². The van der Waals surface area contributed by atoms with Gasteiger partial charge in [0.1, 0.15) is 29.1 Å². The van der Waals surface area contributed by atoms with Crippen LogP contribution in [0, 0.1) is 5.82 Å². The molecule has 32 heavy (non-hydrogen) atoms. The maximum absolute atomic E-state index is 11.9. The van der Waals surface area contributed by atoms with Crippen molar-refractivity contribution in [3.63, 3.8) is 0 Å². The number of hydrogen-bond acceptors (Lipinski definition) is 6. The fourth-order valence-corrected chi connectivity index (χ4v) is 2.89. The van der Waals surface area contributed by atoms with Crippen LogP contribution in [0.15, 0.2) is 72.9 Å². The van der Waals surface area contributed by atoms with Gasteiger partial charge in [0.25, 0.3) is 0 Å². The number of ether oxygens (including phenoxy) is 2. The molecule has 1 aromatic heterocycles. The van der Waals surface area contributed by atoms with Crippen LogP contribution in [0.2, 0.25) is 0 Å². The minimum absolute atomic E-state index is 0.115. The lowest BCUT2D eigenvalue weighted by Crippen LogP contribution is -2.32. The van der Waals surface area contributed by atoms with E-state index in [9.17, 15) is 14.3 Å². The average Bonchev–Trinajstić information content (AvgIpc) is 2.79. The third-order valence-corrected chi connectivity index (χ3v) is 4.48. The van der Waals surface area contributed by atoms with Gasteiger partial charge in [-0.05, 0) is 24.6 Å². The standard InChI is InChI=1S/C18H20N2O4S.C6H5F/c1-12(10-13-6-4-3-5-7-13)24-15(21)11-20-18(25)16-17(22)14(23-2)8-9-19-16;7-6-4-2-1-3-5-6/h3-9,12,22H,10-11H2,1-2H3,(H,20,25);1-5H. The zero-order chi connectivity index (χ0) is 23.3. The molecule has 3 rings (SSSR count). The van der Waals surface area contributed by atoms with E-state index in [2.05, 4.69) is 10.3 Å². The number of nitrogens with one attached hydrogen (secondary N) is 1. The fourth-order valence-electron chi connectivity index (χ4n) is 2.67. The Morgan fingerprint density at radius 1 is 1.12 bits per heavy atom. The number of carbonyl (C=O) groups excluding carboxylic acids is 1. The molecule has 8 heteroatoms. The fraction of sp³-hybridized carbons (Fsp3) is 0.208. The summed E-state index contributed by atoms with van der Waals surface area (Å²) in [6, 6.07) is 19.2. The summed E-state index contributed by atoms with van der Waals surface area (Å²) in [6.07, 6.45) is 1.84. The molecule has 0 amide bonds. The lowest BCUT2D eigenvalue weighted by molar-refractivity contribution is -0.146. The number of nitrogens with zero attached hydrogens (tertiary/aromatic N) is 1. The normalized spacial score (nSPS) is 10.8. The number of aromatic nitrogens is 1. The van der Waals surface area contributed by atoms with E-state index in [0.717, 1.165) is 5.56 Å². The van der Waals surface area contributed by atoms with Crippen molar-refractivity contribution in [1.29, 1.82) is 0 Å². The van der Waals surface area contributed by atoms with Crippen LogP contribution in [0.4, 0.5) is 4.39 Å². The summed E-state index contributed by atoms with van der Waals surface area (Å²) < 4.78 is 22.3. The third kappa shape index (κ3) is 8.31. The van der Waals surface area contributed by atoms with Crippen molar-refractivity contribution in [2.75, 3.05) is 13.7 Å². The second-order valence-electron chi connectivity index (χ2n) is 6.68. The number of aromatic hydroxyl groups is 1. The van der Waals surface area contributed by atoms with Crippen LogP contribution in [0.5, 0.6) is 11.5 Å². The summed E-state index contributed by atoms with van der Waals surface area (Å²) >= 11 is 5.16. The molecular formula is C24H25FN2O4S. The third-order valence-electron chi connectivity index (χ3n) is 4.15. The molecular weight excluding hydrogens is 431 g/mol. The predicted molar refractivity (Wildman–Crippen MR) is 124 cm³/mol. The lowest BCUT2D eigenvalue weighted by Gasteiger charge is -2.14. The van der Waals surface area contributed by atoms with E-state index in [-0.39, 0.29) is 40.6 Å². The van der Waals surface area contributed by atoms with Crippen molar-refractivity contribution < 1.29 is 23.8 Å². The Hall–Kier alpha value is -3.52. The van der Waals surface area contributed by atoms with Crippen molar-refractivity contribution in [3.05, 3.63) is 90.0 Å². The Balaban J connectivity index is 0.000000439. The number of carbonyl (C=O) groups is 1. The first-order valence-corrected chi connectivity index (χ1v) is 10.3. The van der Waals surface area contributed by atoms with Crippen LogP contribution >= 0.6 is 12.2 Å². The van der Waals surface area contributed by atoms with Crippen LogP contribution in [-0.4, -0.2) is 40.8 Å². The lowest BCUT2D eigenvalue weighted by atomic mass is 10.1. The Bertz CT molecular complexity index is 1000. The molecule has 6 nitrogen and oxygen atoms in total. The van der Waals surface area contributed by atoms with E-state index in [4.69, 9.17) is 21.7 Å². The van der Waals surface area contributed by atoms with Crippen molar-refractivity contribution in [2.24, 2.45) is 0 Å². The molecule has 2 aromatic carbocycles. The van der Waals surface area contributed by atoms with Gasteiger partial charge in [0.2, 0.25) is 0 Å². The van der Waals surface area contributed by atoms with E-state index in [1.807, 2.05) is 37.3 Å². The highest BCUT2D eigenvalue weighted by molar-refractivity contribution is 7.80. The van der Waals surface area contributed by atoms with Gasteiger partial charge in [0.05, 0.1) is 7.11 Å². The Kier molecular flexibility index (Phi) is 10.1. The van der Waals surface area contributed by atoms with E-state index >= 15 is 0 Å². The maximum atomic E-state index is 11.9. The molecule has 1 unspecified atom stereocenters. The van der Waals surface area contributed by atoms with Gasteiger partial charge >= 0.3 is 5.97 Å². The van der Waals surface area contributed by atoms with E-state index in [0.29, 0.717) is 6.42 Å². The van der Waals surface area contributed by atoms with Gasteiger partial charge in [-0.15, -0.1) is 0 Å². The minimum atomic E-state index is -0.437. The van der Waals surface area contributed by atoms with Crippen LogP contribution in [0.25, 0.3) is 0 Å². The van der Waals surface area contributed by atoms with Gasteiger partial charge in [0, 0.05) is 18.7 Å². The molecule has 1 atom stereocenters. The highest BCUT2D eigenvalue weighted by Crippen LogP contribution is 2.27. The van der Waals surface area contributed by atoms with Gasteiger partial charge in [-0.25, -0.2) is 9.37 Å². The van der Waals surface area contributed by atoms with Gasteiger partial charge < -0.3 is 19.9 Å². The topological polar surface area (TPSA) is 80.7 Å². The zero-order valence-corrected chi connectivity index (χ0v) is 18.6. The smallest absolute Gasteiger partial charge is 0.325 e. The molecule has 0 saturated heterocycles. The largest absolute Gasteiger partial charge is 0.503 e. The molecule has 0 spiro atoms. The number of esters is 1. The molecule has 0 aliphatic rings. The first-order chi connectivity index (χ1) is 15.4. The van der Waals surface area contributed by atoms with Gasteiger partial charge in [0.15, 0.2) is 11.5 Å². The summed E-state index contributed by atoms with van der Waals surface area (Å²) in [5.74, 6) is -0.530. The minimum Gasteiger partial charge on any atom is -0.503 e. The van der Waals surface area contributed by atoms with E-state index in [1.165, 1.54) is 31.5 Å². The first-order valence-electron chi connectivity index (χ1n) is 9.84. The Labute approximate surface area is 192 Å².